The lowest BCUT2D eigenvalue weighted by Crippen LogP contribution is -2.59. The average Bonchev–Trinajstić information content (AvgIpc) is 3.22. The van der Waals surface area contributed by atoms with E-state index < -0.39 is 0 Å². The summed E-state index contributed by atoms with van der Waals surface area (Å²) in [4.78, 5) is 2.49. The maximum Gasteiger partial charge on any atom is 0.200 e. The number of methoxy groups -OCH3 is 1. The molecule has 29 heavy (non-hydrogen) atoms. The number of rotatable bonds is 3. The summed E-state index contributed by atoms with van der Waals surface area (Å²) in [5.41, 5.74) is 2.97. The number of benzene rings is 2. The van der Waals surface area contributed by atoms with E-state index in [1.165, 1.54) is 5.56 Å². The highest BCUT2D eigenvalue weighted by molar-refractivity contribution is 9.10. The van der Waals surface area contributed by atoms with Crippen molar-refractivity contribution in [2.75, 3.05) is 26.7 Å². The van der Waals surface area contributed by atoms with Crippen LogP contribution in [0.25, 0.3) is 0 Å². The normalized spacial score (nSPS) is 22.7. The number of nitrogens with zero attached hydrogens (tertiary/aromatic N) is 3. The Morgan fingerprint density at radius 3 is 2.76 bits per heavy atom. The molecule has 3 aliphatic rings. The predicted octanol–water partition coefficient (Wildman–Crippen LogP) is 4.81. The molecule has 0 unspecified atom stereocenters. The van der Waals surface area contributed by atoms with Gasteiger partial charge in [-0.05, 0) is 36.9 Å². The molecule has 3 aliphatic heterocycles. The van der Waals surface area contributed by atoms with E-state index in [0.29, 0.717) is 0 Å². The van der Waals surface area contributed by atoms with Crippen LogP contribution in [0.2, 0.25) is 0 Å². The van der Waals surface area contributed by atoms with Crippen LogP contribution >= 0.6 is 15.9 Å². The van der Waals surface area contributed by atoms with Gasteiger partial charge in [-0.2, -0.15) is 5.10 Å². The minimum Gasteiger partial charge on any atom is -0.496 e. The second kappa shape index (κ2) is 7.33. The van der Waals surface area contributed by atoms with E-state index in [-0.39, 0.29) is 11.8 Å². The van der Waals surface area contributed by atoms with Gasteiger partial charge in [-0.15, -0.1) is 0 Å². The van der Waals surface area contributed by atoms with Crippen LogP contribution in [-0.4, -0.2) is 48.1 Å². The van der Waals surface area contributed by atoms with Crippen LogP contribution < -0.4 is 9.47 Å². The molecular formula is C23H26BrN3O2. The van der Waals surface area contributed by atoms with Crippen LogP contribution in [0.1, 0.15) is 43.4 Å². The van der Waals surface area contributed by atoms with Crippen molar-refractivity contribution in [1.82, 2.24) is 9.91 Å². The number of halogens is 1. The first kappa shape index (κ1) is 18.9. The highest BCUT2D eigenvalue weighted by Gasteiger charge is 2.51. The van der Waals surface area contributed by atoms with E-state index in [2.05, 4.69) is 57.0 Å². The number of hydrogen-bond acceptors (Lipinski definition) is 5. The van der Waals surface area contributed by atoms with Gasteiger partial charge in [0.25, 0.3) is 0 Å². The molecule has 5 rings (SSSR count). The third kappa shape index (κ3) is 3.13. The fraction of sp³-hybridized carbons (Fsp3) is 0.435. The van der Waals surface area contributed by atoms with Gasteiger partial charge in [0.1, 0.15) is 11.5 Å². The summed E-state index contributed by atoms with van der Waals surface area (Å²) in [6.45, 7) is 5.37. The fourth-order valence-electron chi connectivity index (χ4n) is 4.85. The maximum atomic E-state index is 6.70. The number of fused-ring (bicyclic) bond motifs is 4. The van der Waals surface area contributed by atoms with E-state index in [1.807, 2.05) is 18.2 Å². The Morgan fingerprint density at radius 1 is 1.21 bits per heavy atom. The van der Waals surface area contributed by atoms with Gasteiger partial charge in [0.15, 0.2) is 0 Å². The average molecular weight is 456 g/mol. The lowest BCUT2D eigenvalue weighted by atomic mass is 9.90. The van der Waals surface area contributed by atoms with Gasteiger partial charge >= 0.3 is 0 Å². The summed E-state index contributed by atoms with van der Waals surface area (Å²) in [5, 5.41) is 7.42. The molecule has 152 valence electrons. The zero-order valence-corrected chi connectivity index (χ0v) is 18.5. The summed E-state index contributed by atoms with van der Waals surface area (Å²) in [6.07, 6.45) is 2.76. The van der Waals surface area contributed by atoms with Crippen molar-refractivity contribution in [3.63, 3.8) is 0 Å². The van der Waals surface area contributed by atoms with E-state index in [1.54, 1.807) is 7.11 Å². The lowest BCUT2D eigenvalue weighted by molar-refractivity contribution is -0.149. The van der Waals surface area contributed by atoms with Gasteiger partial charge < -0.3 is 14.4 Å². The van der Waals surface area contributed by atoms with Crippen LogP contribution in [0.4, 0.5) is 0 Å². The third-order valence-corrected chi connectivity index (χ3v) is 6.95. The van der Waals surface area contributed by atoms with Gasteiger partial charge in [-0.1, -0.05) is 35.0 Å². The first-order valence-electron chi connectivity index (χ1n) is 10.3. The molecule has 1 spiro atoms. The quantitative estimate of drug-likeness (QED) is 0.664. The smallest absolute Gasteiger partial charge is 0.200 e. The topological polar surface area (TPSA) is 37.3 Å². The lowest BCUT2D eigenvalue weighted by Gasteiger charge is -2.51. The van der Waals surface area contributed by atoms with E-state index in [4.69, 9.17) is 14.6 Å². The second-order valence-electron chi connectivity index (χ2n) is 7.98. The molecular weight excluding hydrogens is 430 g/mol. The predicted molar refractivity (Wildman–Crippen MR) is 118 cm³/mol. The molecule has 1 atom stereocenters. The van der Waals surface area contributed by atoms with Crippen LogP contribution in [0.15, 0.2) is 52.0 Å². The van der Waals surface area contributed by atoms with E-state index in [9.17, 15) is 0 Å². The zero-order chi connectivity index (χ0) is 20.0. The van der Waals surface area contributed by atoms with Crippen LogP contribution in [-0.2, 0) is 0 Å². The molecule has 1 fully saturated rings. The minimum absolute atomic E-state index is 0.185. The number of hydrogen-bond donors (Lipinski definition) is 0. The molecule has 0 N–H and O–H groups in total. The SMILES string of the molecule is CCN1CCC2(CC1)Oc1ccc(Br)cc1[C@@H]1CC(c3ccccc3OC)=NN12. The van der Waals surface area contributed by atoms with Crippen molar-refractivity contribution in [2.24, 2.45) is 5.10 Å². The number of piperidine rings is 1. The van der Waals surface area contributed by atoms with Crippen molar-refractivity contribution in [2.45, 2.75) is 38.0 Å². The Bertz CT molecular complexity index is 953. The Morgan fingerprint density at radius 2 is 2.00 bits per heavy atom. The van der Waals surface area contributed by atoms with Crippen LogP contribution in [0, 0.1) is 0 Å². The van der Waals surface area contributed by atoms with Crippen molar-refractivity contribution < 1.29 is 9.47 Å². The first-order chi connectivity index (χ1) is 14.1. The summed E-state index contributed by atoms with van der Waals surface area (Å²) in [6, 6.07) is 14.7. The molecule has 0 radical (unpaired) electrons. The van der Waals surface area contributed by atoms with E-state index in [0.717, 1.165) is 66.1 Å². The van der Waals surface area contributed by atoms with Gasteiger partial charge in [0, 0.05) is 48.0 Å². The third-order valence-electron chi connectivity index (χ3n) is 6.46. The van der Waals surface area contributed by atoms with Crippen molar-refractivity contribution in [3.8, 4) is 11.5 Å². The summed E-state index contributed by atoms with van der Waals surface area (Å²) < 4.78 is 13.4. The van der Waals surface area contributed by atoms with Gasteiger partial charge in [0.05, 0.1) is 18.9 Å². The molecule has 0 aromatic heterocycles. The van der Waals surface area contributed by atoms with E-state index >= 15 is 0 Å². The summed E-state index contributed by atoms with van der Waals surface area (Å²) in [5.74, 6) is 1.87. The van der Waals surface area contributed by atoms with Crippen molar-refractivity contribution in [1.29, 1.82) is 0 Å². The first-order valence-corrected chi connectivity index (χ1v) is 11.1. The van der Waals surface area contributed by atoms with Crippen LogP contribution in [0.5, 0.6) is 11.5 Å². The number of hydrazone groups is 1. The molecule has 1 saturated heterocycles. The number of likely N-dealkylation sites (tertiary alicyclic amines) is 1. The molecule has 0 aliphatic carbocycles. The molecule has 0 amide bonds. The van der Waals surface area contributed by atoms with Gasteiger partial charge in [-0.25, -0.2) is 5.01 Å². The molecule has 6 heteroatoms. The molecule has 2 aromatic carbocycles. The monoisotopic (exact) mass is 455 g/mol. The fourth-order valence-corrected chi connectivity index (χ4v) is 5.23. The van der Waals surface area contributed by atoms with Gasteiger partial charge in [0.2, 0.25) is 5.72 Å². The number of para-hydroxylation sites is 1. The Balaban J connectivity index is 1.58. The molecule has 0 bridgehead atoms. The highest BCUT2D eigenvalue weighted by atomic mass is 79.9. The zero-order valence-electron chi connectivity index (χ0n) is 16.9. The summed E-state index contributed by atoms with van der Waals surface area (Å²) in [7, 11) is 1.72. The van der Waals surface area contributed by atoms with Crippen molar-refractivity contribution >= 4 is 21.6 Å². The molecule has 0 saturated carbocycles. The number of ether oxygens (including phenoxy) is 2. The van der Waals surface area contributed by atoms with Gasteiger partial charge in [-0.3, -0.25) is 0 Å². The maximum absolute atomic E-state index is 6.70. The Kier molecular flexibility index (Phi) is 4.79. The largest absolute Gasteiger partial charge is 0.496 e. The molecule has 5 nitrogen and oxygen atoms in total. The second-order valence-corrected chi connectivity index (χ2v) is 8.89. The Hall–Kier alpha value is -2.05. The highest BCUT2D eigenvalue weighted by Crippen LogP contribution is 2.50. The molecule has 3 heterocycles. The molecule has 2 aromatic rings. The van der Waals surface area contributed by atoms with Crippen molar-refractivity contribution in [3.05, 3.63) is 58.1 Å². The standard InChI is InChI=1S/C23H26BrN3O2/c1-3-26-12-10-23(11-13-26)27-20(18-14-16(24)8-9-22(18)29-23)15-19(25-27)17-6-4-5-7-21(17)28-2/h4-9,14,20H,3,10-13,15H2,1-2H3/t20-/m0/s1. The summed E-state index contributed by atoms with van der Waals surface area (Å²) >= 11 is 3.64. The Labute approximate surface area is 180 Å². The minimum atomic E-state index is -0.374. The van der Waals surface area contributed by atoms with Crippen LogP contribution in [0.3, 0.4) is 0 Å².